The first-order valence-corrected chi connectivity index (χ1v) is 11.0. The molecule has 3 aromatic heterocycles. The van der Waals surface area contributed by atoms with Crippen LogP contribution in [-0.4, -0.2) is 37.8 Å². The number of carbonyl (C=O) groups is 1. The first kappa shape index (κ1) is 21.6. The van der Waals surface area contributed by atoms with Crippen LogP contribution < -0.4 is 5.32 Å². The molecule has 1 N–H and O–H groups in total. The molecular weight excluding hydrogens is 423 g/mol. The smallest absolute Gasteiger partial charge is 0.355 e. The highest BCUT2D eigenvalue weighted by Crippen LogP contribution is 2.27. The van der Waals surface area contributed by atoms with E-state index in [0.717, 1.165) is 16.0 Å². The molecule has 156 valence electrons. The Balaban J connectivity index is 1.53. The van der Waals surface area contributed by atoms with Gasteiger partial charge in [0.15, 0.2) is 0 Å². The molecule has 1 amide bonds. The van der Waals surface area contributed by atoms with E-state index >= 15 is 0 Å². The van der Waals surface area contributed by atoms with Crippen molar-refractivity contribution in [2.24, 2.45) is 0 Å². The molecule has 3 heterocycles. The van der Waals surface area contributed by atoms with Crippen molar-refractivity contribution in [1.82, 2.24) is 24.9 Å². The van der Waals surface area contributed by atoms with Gasteiger partial charge in [-0.1, -0.05) is 0 Å². The lowest BCUT2D eigenvalue weighted by Crippen LogP contribution is -2.26. The van der Waals surface area contributed by atoms with Crippen LogP contribution in [0.5, 0.6) is 0 Å². The van der Waals surface area contributed by atoms with Gasteiger partial charge in [-0.25, -0.2) is 9.50 Å². The van der Waals surface area contributed by atoms with E-state index < -0.39 is 12.0 Å². The Labute approximate surface area is 173 Å². The van der Waals surface area contributed by atoms with Crippen molar-refractivity contribution in [3.05, 3.63) is 45.2 Å². The van der Waals surface area contributed by atoms with Gasteiger partial charge in [0.25, 0.3) is 11.6 Å². The molecule has 0 aromatic carbocycles. The molecule has 0 bridgehead atoms. The fourth-order valence-electron chi connectivity index (χ4n) is 2.84. The minimum absolute atomic E-state index is 0.0943. The number of carbonyl (C=O) groups excluding carboxylic acids is 1. The molecule has 0 aliphatic heterocycles. The number of fused-ring (bicyclic) bond motifs is 1. The van der Waals surface area contributed by atoms with Gasteiger partial charge >= 0.3 is 6.18 Å². The largest absolute Gasteiger partial charge is 0.453 e. The maximum atomic E-state index is 12.8. The Morgan fingerprint density at radius 1 is 1.31 bits per heavy atom. The monoisotopic (exact) mass is 443 g/mol. The van der Waals surface area contributed by atoms with Crippen LogP contribution in [0.25, 0.3) is 5.78 Å². The van der Waals surface area contributed by atoms with Crippen LogP contribution in [0, 0.1) is 13.8 Å². The van der Waals surface area contributed by atoms with Gasteiger partial charge in [0.1, 0.15) is 0 Å². The topological polar surface area (TPSA) is 72.2 Å². The normalized spacial score (nSPS) is 11.9. The van der Waals surface area contributed by atoms with Crippen LogP contribution >= 0.6 is 23.1 Å². The SMILES string of the molecule is Cc1nc2nc(C(F)(F)F)nn2c(C)c1CCC(=O)NCCSCc1ccsc1. The number of aromatic nitrogens is 4. The zero-order valence-electron chi connectivity index (χ0n) is 15.9. The summed E-state index contributed by atoms with van der Waals surface area (Å²) in [4.78, 5) is 19.7. The first-order chi connectivity index (χ1) is 13.8. The van der Waals surface area contributed by atoms with Crippen LogP contribution in [0.1, 0.15) is 34.8 Å². The standard InChI is InChI=1S/C18H20F3N5OS2/c1-11-14(12(2)26-17(23-11)24-16(25-26)18(19,20)21)3-4-15(27)22-6-8-29-10-13-5-7-28-9-13/h5,7,9H,3-4,6,8,10H2,1-2H3,(H,22,27). The first-order valence-electron chi connectivity index (χ1n) is 8.91. The van der Waals surface area contributed by atoms with Crippen LogP contribution in [0.2, 0.25) is 0 Å². The highest BCUT2D eigenvalue weighted by atomic mass is 32.2. The van der Waals surface area contributed by atoms with E-state index in [1.165, 1.54) is 5.56 Å². The zero-order chi connectivity index (χ0) is 21.0. The van der Waals surface area contributed by atoms with Gasteiger partial charge in [-0.15, -0.1) is 5.10 Å². The van der Waals surface area contributed by atoms with Crippen molar-refractivity contribution in [2.75, 3.05) is 12.3 Å². The zero-order valence-corrected chi connectivity index (χ0v) is 17.5. The summed E-state index contributed by atoms with van der Waals surface area (Å²) in [5.41, 5.74) is 3.05. The molecular formula is C18H20F3N5OS2. The van der Waals surface area contributed by atoms with Gasteiger partial charge in [-0.2, -0.15) is 41.3 Å². The van der Waals surface area contributed by atoms with Gasteiger partial charge in [0.05, 0.1) is 0 Å². The van der Waals surface area contributed by atoms with Crippen molar-refractivity contribution in [3.8, 4) is 0 Å². The summed E-state index contributed by atoms with van der Waals surface area (Å²) in [7, 11) is 0. The van der Waals surface area contributed by atoms with Crippen molar-refractivity contribution < 1.29 is 18.0 Å². The van der Waals surface area contributed by atoms with Crippen LogP contribution in [0.4, 0.5) is 13.2 Å². The summed E-state index contributed by atoms with van der Waals surface area (Å²) in [6.07, 6.45) is -4.03. The van der Waals surface area contributed by atoms with Crippen LogP contribution in [0.15, 0.2) is 16.8 Å². The van der Waals surface area contributed by atoms with Crippen molar-refractivity contribution in [1.29, 1.82) is 0 Å². The number of alkyl halides is 3. The van der Waals surface area contributed by atoms with Gasteiger partial charge in [-0.3, -0.25) is 4.79 Å². The third-order valence-electron chi connectivity index (χ3n) is 4.32. The lowest BCUT2D eigenvalue weighted by molar-refractivity contribution is -0.144. The predicted octanol–water partition coefficient (Wildman–Crippen LogP) is 3.80. The molecule has 29 heavy (non-hydrogen) atoms. The molecule has 11 heteroatoms. The second-order valence-electron chi connectivity index (χ2n) is 6.44. The lowest BCUT2D eigenvalue weighted by Gasteiger charge is -2.10. The number of thiophene rings is 1. The fraction of sp³-hybridized carbons (Fsp3) is 0.444. The third kappa shape index (κ3) is 5.47. The van der Waals surface area contributed by atoms with E-state index in [-0.39, 0.29) is 18.1 Å². The highest BCUT2D eigenvalue weighted by Gasteiger charge is 2.36. The minimum atomic E-state index is -4.63. The molecule has 0 unspecified atom stereocenters. The Morgan fingerprint density at radius 3 is 2.79 bits per heavy atom. The van der Waals surface area contributed by atoms with Gasteiger partial charge in [-0.05, 0) is 48.2 Å². The van der Waals surface area contributed by atoms with Crippen molar-refractivity contribution in [3.63, 3.8) is 0 Å². The van der Waals surface area contributed by atoms with E-state index in [1.807, 2.05) is 5.38 Å². The van der Waals surface area contributed by atoms with Gasteiger partial charge in [0, 0.05) is 35.9 Å². The number of aryl methyl sites for hydroxylation is 2. The predicted molar refractivity (Wildman–Crippen MR) is 107 cm³/mol. The number of halogens is 3. The van der Waals surface area contributed by atoms with Gasteiger partial charge < -0.3 is 5.32 Å². The molecule has 0 fully saturated rings. The molecule has 0 spiro atoms. The molecule has 0 atom stereocenters. The Hall–Kier alpha value is -2.14. The number of hydrogen-bond acceptors (Lipinski definition) is 6. The average molecular weight is 444 g/mol. The Bertz CT molecular complexity index is 986. The molecule has 0 aliphatic rings. The van der Waals surface area contributed by atoms with Gasteiger partial charge in [0.2, 0.25) is 5.91 Å². The van der Waals surface area contributed by atoms with E-state index in [9.17, 15) is 18.0 Å². The number of nitrogens with zero attached hydrogens (tertiary/aromatic N) is 4. The molecule has 0 radical (unpaired) electrons. The summed E-state index contributed by atoms with van der Waals surface area (Å²) >= 11 is 3.41. The number of hydrogen-bond donors (Lipinski definition) is 1. The van der Waals surface area contributed by atoms with Crippen molar-refractivity contribution in [2.45, 2.75) is 38.6 Å². The maximum absolute atomic E-state index is 12.8. The van der Waals surface area contributed by atoms with Crippen LogP contribution in [-0.2, 0) is 23.1 Å². The number of amides is 1. The summed E-state index contributed by atoms with van der Waals surface area (Å²) in [6, 6.07) is 2.08. The lowest BCUT2D eigenvalue weighted by atomic mass is 10.1. The Kier molecular flexibility index (Phi) is 6.78. The third-order valence-corrected chi connectivity index (χ3v) is 6.08. The average Bonchev–Trinajstić information content (AvgIpc) is 3.30. The quantitative estimate of drug-likeness (QED) is 0.536. The summed E-state index contributed by atoms with van der Waals surface area (Å²) in [6.45, 7) is 3.93. The molecule has 3 rings (SSSR count). The molecule has 3 aromatic rings. The maximum Gasteiger partial charge on any atom is 0.453 e. The number of nitrogens with one attached hydrogen (secondary N) is 1. The van der Waals surface area contributed by atoms with E-state index in [1.54, 1.807) is 36.9 Å². The second kappa shape index (κ2) is 9.12. The molecule has 0 saturated heterocycles. The molecule has 6 nitrogen and oxygen atoms in total. The van der Waals surface area contributed by atoms with E-state index in [0.29, 0.717) is 29.9 Å². The minimum Gasteiger partial charge on any atom is -0.355 e. The number of thioether (sulfide) groups is 1. The summed E-state index contributed by atoms with van der Waals surface area (Å²) < 4.78 is 39.6. The van der Waals surface area contributed by atoms with E-state index in [4.69, 9.17) is 0 Å². The summed E-state index contributed by atoms with van der Waals surface area (Å²) in [5, 5.41) is 10.5. The van der Waals surface area contributed by atoms with Crippen LogP contribution in [0.3, 0.4) is 0 Å². The second-order valence-corrected chi connectivity index (χ2v) is 8.33. The van der Waals surface area contributed by atoms with E-state index in [2.05, 4.69) is 31.8 Å². The highest BCUT2D eigenvalue weighted by molar-refractivity contribution is 7.98. The van der Waals surface area contributed by atoms with Crippen molar-refractivity contribution >= 4 is 34.8 Å². The number of rotatable bonds is 8. The fourth-order valence-corrected chi connectivity index (χ4v) is 4.42. The molecule has 0 saturated carbocycles. The Morgan fingerprint density at radius 2 is 2.10 bits per heavy atom. The summed E-state index contributed by atoms with van der Waals surface area (Å²) in [5.74, 6) is 0.313. The molecule has 0 aliphatic carbocycles.